The highest BCUT2D eigenvalue weighted by molar-refractivity contribution is 5.36. The fourth-order valence-corrected chi connectivity index (χ4v) is 1.77. The van der Waals surface area contributed by atoms with Crippen LogP contribution in [0, 0.1) is 10.1 Å². The van der Waals surface area contributed by atoms with Gasteiger partial charge in [-0.1, -0.05) is 0 Å². The lowest BCUT2D eigenvalue weighted by atomic mass is 10.3. The highest BCUT2D eigenvalue weighted by Gasteiger charge is 2.04. The van der Waals surface area contributed by atoms with E-state index in [-0.39, 0.29) is 5.69 Å². The van der Waals surface area contributed by atoms with E-state index in [9.17, 15) is 10.1 Å². The number of non-ortho nitro benzene ring substituents is 1. The van der Waals surface area contributed by atoms with Gasteiger partial charge in [-0.3, -0.25) is 10.1 Å². The van der Waals surface area contributed by atoms with Gasteiger partial charge in [0.2, 0.25) is 0 Å². The Bertz CT molecular complexity index is 595. The summed E-state index contributed by atoms with van der Waals surface area (Å²) in [4.78, 5) is 10.1. The van der Waals surface area contributed by atoms with Gasteiger partial charge in [-0.15, -0.1) is 0 Å². The molecule has 0 bridgehead atoms. The quantitative estimate of drug-likeness (QED) is 0.424. The lowest BCUT2D eigenvalue weighted by Crippen LogP contribution is -2.05. The molecular formula is C16H17NO5. The van der Waals surface area contributed by atoms with E-state index >= 15 is 0 Å². The summed E-state index contributed by atoms with van der Waals surface area (Å²) in [7, 11) is 1.62. The van der Waals surface area contributed by atoms with Crippen LogP contribution in [-0.2, 0) is 0 Å². The van der Waals surface area contributed by atoms with Crippen molar-refractivity contribution in [3.05, 3.63) is 58.6 Å². The van der Waals surface area contributed by atoms with Crippen molar-refractivity contribution in [2.45, 2.75) is 6.42 Å². The molecule has 0 amide bonds. The number of ether oxygens (including phenoxy) is 3. The Morgan fingerprint density at radius 3 is 1.77 bits per heavy atom. The molecule has 0 aliphatic heterocycles. The minimum atomic E-state index is -0.438. The molecule has 2 aromatic carbocycles. The Kier molecular flexibility index (Phi) is 5.59. The summed E-state index contributed by atoms with van der Waals surface area (Å²) >= 11 is 0. The minimum Gasteiger partial charge on any atom is -0.497 e. The molecule has 0 N–H and O–H groups in total. The maximum atomic E-state index is 10.5. The summed E-state index contributed by atoms with van der Waals surface area (Å²) in [6.07, 6.45) is 0.711. The molecule has 2 aromatic rings. The van der Waals surface area contributed by atoms with Gasteiger partial charge in [0.25, 0.3) is 5.69 Å². The number of methoxy groups -OCH3 is 1. The highest BCUT2D eigenvalue weighted by atomic mass is 16.6. The number of hydrogen-bond donors (Lipinski definition) is 0. The molecule has 116 valence electrons. The smallest absolute Gasteiger partial charge is 0.269 e. The van der Waals surface area contributed by atoms with Crippen molar-refractivity contribution in [1.82, 2.24) is 0 Å². The zero-order valence-electron chi connectivity index (χ0n) is 12.2. The van der Waals surface area contributed by atoms with Gasteiger partial charge in [0.1, 0.15) is 17.2 Å². The first kappa shape index (κ1) is 15.6. The Morgan fingerprint density at radius 2 is 1.32 bits per heavy atom. The first-order valence-electron chi connectivity index (χ1n) is 6.83. The second kappa shape index (κ2) is 7.87. The van der Waals surface area contributed by atoms with Gasteiger partial charge >= 0.3 is 0 Å². The van der Waals surface area contributed by atoms with Crippen molar-refractivity contribution in [1.29, 1.82) is 0 Å². The zero-order chi connectivity index (χ0) is 15.8. The van der Waals surface area contributed by atoms with E-state index in [1.165, 1.54) is 12.1 Å². The van der Waals surface area contributed by atoms with Crippen LogP contribution in [0.5, 0.6) is 17.2 Å². The molecule has 0 aliphatic carbocycles. The van der Waals surface area contributed by atoms with Crippen molar-refractivity contribution in [2.24, 2.45) is 0 Å². The third-order valence-electron chi connectivity index (χ3n) is 2.93. The summed E-state index contributed by atoms with van der Waals surface area (Å²) in [6, 6.07) is 13.4. The van der Waals surface area contributed by atoms with Crippen LogP contribution in [0.3, 0.4) is 0 Å². The average Bonchev–Trinajstić information content (AvgIpc) is 2.55. The van der Waals surface area contributed by atoms with Gasteiger partial charge in [0.15, 0.2) is 0 Å². The van der Waals surface area contributed by atoms with Crippen LogP contribution in [0.2, 0.25) is 0 Å². The third kappa shape index (κ3) is 4.66. The van der Waals surface area contributed by atoms with Crippen molar-refractivity contribution >= 4 is 5.69 Å². The summed E-state index contributed by atoms with van der Waals surface area (Å²) in [6.45, 7) is 1.01. The van der Waals surface area contributed by atoms with Crippen molar-refractivity contribution in [2.75, 3.05) is 20.3 Å². The second-order valence-electron chi connectivity index (χ2n) is 4.48. The van der Waals surface area contributed by atoms with Crippen LogP contribution in [-0.4, -0.2) is 25.2 Å². The normalized spacial score (nSPS) is 10.0. The monoisotopic (exact) mass is 303 g/mol. The summed E-state index contributed by atoms with van der Waals surface area (Å²) in [5.74, 6) is 2.17. The predicted octanol–water partition coefficient (Wildman–Crippen LogP) is 3.45. The molecule has 0 atom stereocenters. The number of benzene rings is 2. The molecule has 0 aliphatic rings. The lowest BCUT2D eigenvalue weighted by molar-refractivity contribution is -0.384. The van der Waals surface area contributed by atoms with Gasteiger partial charge < -0.3 is 14.2 Å². The topological polar surface area (TPSA) is 70.8 Å². The fraction of sp³-hybridized carbons (Fsp3) is 0.250. The van der Waals surface area contributed by atoms with Gasteiger partial charge in [0, 0.05) is 18.6 Å². The molecule has 0 aromatic heterocycles. The molecule has 0 saturated carbocycles. The zero-order valence-corrected chi connectivity index (χ0v) is 12.2. The standard InChI is InChI=1S/C16H17NO5/c1-20-14-7-9-16(10-8-14)22-12-2-11-21-15-5-3-13(4-6-15)17(18)19/h3-10H,2,11-12H2,1H3. The van der Waals surface area contributed by atoms with E-state index in [2.05, 4.69) is 0 Å². The van der Waals surface area contributed by atoms with Crippen molar-refractivity contribution in [3.8, 4) is 17.2 Å². The summed E-state index contributed by atoms with van der Waals surface area (Å²) in [5.41, 5.74) is 0.0511. The first-order chi connectivity index (χ1) is 10.7. The molecule has 0 unspecified atom stereocenters. The number of hydrogen-bond acceptors (Lipinski definition) is 5. The number of nitro benzene ring substituents is 1. The minimum absolute atomic E-state index is 0.0511. The largest absolute Gasteiger partial charge is 0.497 e. The van der Waals surface area contributed by atoms with E-state index in [4.69, 9.17) is 14.2 Å². The highest BCUT2D eigenvalue weighted by Crippen LogP contribution is 2.18. The van der Waals surface area contributed by atoms with Gasteiger partial charge in [-0.05, 0) is 36.4 Å². The average molecular weight is 303 g/mol. The molecular weight excluding hydrogens is 286 g/mol. The molecule has 6 nitrogen and oxygen atoms in total. The van der Waals surface area contributed by atoms with E-state index in [1.807, 2.05) is 24.3 Å². The van der Waals surface area contributed by atoms with Gasteiger partial charge in [-0.25, -0.2) is 0 Å². The summed E-state index contributed by atoms with van der Waals surface area (Å²) < 4.78 is 16.1. The molecule has 6 heteroatoms. The van der Waals surface area contributed by atoms with Gasteiger partial charge in [0.05, 0.1) is 25.2 Å². The SMILES string of the molecule is COc1ccc(OCCCOc2ccc([N+](=O)[O-])cc2)cc1. The molecule has 2 rings (SSSR count). The van der Waals surface area contributed by atoms with Crippen LogP contribution in [0.4, 0.5) is 5.69 Å². The number of nitro groups is 1. The van der Waals surface area contributed by atoms with Crippen LogP contribution in [0.15, 0.2) is 48.5 Å². The fourth-order valence-electron chi connectivity index (χ4n) is 1.77. The van der Waals surface area contributed by atoms with Crippen LogP contribution in [0.1, 0.15) is 6.42 Å². The molecule has 0 spiro atoms. The Hall–Kier alpha value is -2.76. The molecule has 0 heterocycles. The van der Waals surface area contributed by atoms with Crippen LogP contribution < -0.4 is 14.2 Å². The lowest BCUT2D eigenvalue weighted by Gasteiger charge is -2.08. The molecule has 0 saturated heterocycles. The van der Waals surface area contributed by atoms with E-state index < -0.39 is 4.92 Å². The number of rotatable bonds is 8. The Balaban J connectivity index is 1.67. The van der Waals surface area contributed by atoms with Crippen LogP contribution in [0.25, 0.3) is 0 Å². The van der Waals surface area contributed by atoms with Gasteiger partial charge in [-0.2, -0.15) is 0 Å². The van der Waals surface area contributed by atoms with Crippen molar-refractivity contribution < 1.29 is 19.1 Å². The maximum Gasteiger partial charge on any atom is 0.269 e. The van der Waals surface area contributed by atoms with Crippen LogP contribution >= 0.6 is 0 Å². The Morgan fingerprint density at radius 1 is 0.864 bits per heavy atom. The predicted molar refractivity (Wildman–Crippen MR) is 81.7 cm³/mol. The number of nitrogens with zero attached hydrogens (tertiary/aromatic N) is 1. The molecule has 22 heavy (non-hydrogen) atoms. The van der Waals surface area contributed by atoms with E-state index in [1.54, 1.807) is 19.2 Å². The maximum absolute atomic E-state index is 10.5. The Labute approximate surface area is 128 Å². The first-order valence-corrected chi connectivity index (χ1v) is 6.83. The second-order valence-corrected chi connectivity index (χ2v) is 4.48. The van der Waals surface area contributed by atoms with E-state index in [0.717, 1.165) is 11.5 Å². The van der Waals surface area contributed by atoms with E-state index in [0.29, 0.717) is 25.4 Å². The van der Waals surface area contributed by atoms with Crippen molar-refractivity contribution in [3.63, 3.8) is 0 Å². The summed E-state index contributed by atoms with van der Waals surface area (Å²) in [5, 5.41) is 10.5. The third-order valence-corrected chi connectivity index (χ3v) is 2.93. The molecule has 0 radical (unpaired) electrons. The molecule has 0 fully saturated rings.